The molecule has 1 nitrogen and oxygen atoms in total. The van der Waals surface area contributed by atoms with Crippen molar-refractivity contribution in [3.05, 3.63) is 71.1 Å². The van der Waals surface area contributed by atoms with Crippen LogP contribution in [0.15, 0.2) is 54.2 Å². The first-order valence-corrected chi connectivity index (χ1v) is 7.48. The molecule has 2 aromatic rings. The van der Waals surface area contributed by atoms with Crippen LogP contribution in [0.4, 0.5) is 0 Å². The first kappa shape index (κ1) is 13.4. The molecule has 2 unspecified atom stereocenters. The predicted molar refractivity (Wildman–Crippen MR) is 85.0 cm³/mol. The summed E-state index contributed by atoms with van der Waals surface area (Å²) < 4.78 is 0. The monoisotopic (exact) mass is 283 g/mol. The fourth-order valence-corrected chi connectivity index (χ4v) is 3.25. The maximum atomic E-state index is 6.42. The molecule has 0 amide bonds. The third-order valence-corrected chi connectivity index (χ3v) is 4.34. The number of allylic oxidation sites excluding steroid dienone is 2. The van der Waals surface area contributed by atoms with E-state index in [4.69, 9.17) is 11.6 Å². The van der Waals surface area contributed by atoms with Gasteiger partial charge in [0.1, 0.15) is 0 Å². The second-order valence-corrected chi connectivity index (χ2v) is 6.02. The number of halogens is 1. The number of alkyl halides is 1. The highest BCUT2D eigenvalue weighted by molar-refractivity contribution is 6.23. The third-order valence-electron chi connectivity index (χ3n) is 4.08. The van der Waals surface area contributed by atoms with E-state index in [0.717, 1.165) is 12.1 Å². The third kappa shape index (κ3) is 2.27. The smallest absolute Gasteiger partial charge is 0.0526 e. The van der Waals surface area contributed by atoms with Crippen molar-refractivity contribution >= 4 is 17.2 Å². The highest BCUT2D eigenvalue weighted by atomic mass is 35.5. The molecule has 3 rings (SSSR count). The topological polar surface area (TPSA) is 12.9 Å². The van der Waals surface area contributed by atoms with Crippen molar-refractivity contribution in [3.63, 3.8) is 0 Å². The number of benzene rings is 1. The lowest BCUT2D eigenvalue weighted by Crippen LogP contribution is -2.04. The number of hydrogen-bond acceptors (Lipinski definition) is 1. The Morgan fingerprint density at radius 3 is 2.50 bits per heavy atom. The second-order valence-electron chi connectivity index (χ2n) is 5.37. The number of rotatable bonds is 3. The summed E-state index contributed by atoms with van der Waals surface area (Å²) in [6.07, 6.45) is 2.82. The van der Waals surface area contributed by atoms with Crippen molar-refractivity contribution in [1.29, 1.82) is 0 Å². The maximum Gasteiger partial charge on any atom is 0.0526 e. The summed E-state index contributed by atoms with van der Waals surface area (Å²) in [6, 6.07) is 14.7. The summed E-state index contributed by atoms with van der Waals surface area (Å²) in [6.45, 7) is 4.28. The van der Waals surface area contributed by atoms with Gasteiger partial charge in [0, 0.05) is 17.8 Å². The molecule has 1 heterocycles. The largest absolute Gasteiger partial charge is 0.261 e. The molecule has 0 aliphatic heterocycles. The molecule has 0 saturated carbocycles. The number of pyridine rings is 1. The zero-order valence-corrected chi connectivity index (χ0v) is 12.6. The average Bonchev–Trinajstić information content (AvgIpc) is 2.87. The van der Waals surface area contributed by atoms with Crippen LogP contribution >= 0.6 is 11.6 Å². The number of nitrogens with zero attached hydrogens (tertiary/aromatic N) is 1. The fourth-order valence-electron chi connectivity index (χ4n) is 3.06. The van der Waals surface area contributed by atoms with Crippen LogP contribution in [0.1, 0.15) is 36.6 Å². The van der Waals surface area contributed by atoms with Gasteiger partial charge in [-0.15, -0.1) is 11.6 Å². The van der Waals surface area contributed by atoms with E-state index in [0.29, 0.717) is 0 Å². The van der Waals surface area contributed by atoms with E-state index in [1.165, 1.54) is 22.3 Å². The molecule has 1 aromatic carbocycles. The van der Waals surface area contributed by atoms with Crippen molar-refractivity contribution in [3.8, 4) is 0 Å². The minimum absolute atomic E-state index is 0.0589. The van der Waals surface area contributed by atoms with Crippen molar-refractivity contribution < 1.29 is 0 Å². The molecule has 20 heavy (non-hydrogen) atoms. The van der Waals surface area contributed by atoms with Gasteiger partial charge in [0.25, 0.3) is 0 Å². The van der Waals surface area contributed by atoms with E-state index in [1.54, 1.807) is 0 Å². The molecule has 1 aromatic heterocycles. The SMILES string of the molecule is CC(Cl)C1=C(C(C)c2ccccn2)c2ccccc2C1. The average molecular weight is 284 g/mol. The Labute approximate surface area is 125 Å². The van der Waals surface area contributed by atoms with Gasteiger partial charge >= 0.3 is 0 Å². The lowest BCUT2D eigenvalue weighted by Gasteiger charge is -2.17. The normalized spacial score (nSPS) is 16.9. The molecule has 0 N–H and O–H groups in total. The standard InChI is InChI=1S/C18H18ClN/c1-12(17-9-5-6-10-20-17)18-15-8-4-3-7-14(15)11-16(18)13(2)19/h3-10,12-13H,11H2,1-2H3. The first-order valence-electron chi connectivity index (χ1n) is 7.04. The van der Waals surface area contributed by atoms with Gasteiger partial charge in [-0.2, -0.15) is 0 Å². The second kappa shape index (κ2) is 5.41. The summed E-state index contributed by atoms with van der Waals surface area (Å²) in [5, 5.41) is 0.0589. The molecule has 0 fully saturated rings. The highest BCUT2D eigenvalue weighted by Gasteiger charge is 2.28. The molecule has 1 aliphatic rings. The van der Waals surface area contributed by atoms with Crippen molar-refractivity contribution in [2.45, 2.75) is 31.6 Å². The molecule has 102 valence electrons. The van der Waals surface area contributed by atoms with E-state index in [2.05, 4.69) is 49.2 Å². The van der Waals surface area contributed by atoms with E-state index in [1.807, 2.05) is 18.3 Å². The van der Waals surface area contributed by atoms with Gasteiger partial charge in [-0.25, -0.2) is 0 Å². The fraction of sp³-hybridized carbons (Fsp3) is 0.278. The molecule has 2 heteroatoms. The summed E-state index contributed by atoms with van der Waals surface area (Å²) >= 11 is 6.42. The predicted octanol–water partition coefficient (Wildman–Crippen LogP) is 4.82. The van der Waals surface area contributed by atoms with Crippen LogP contribution in [0, 0.1) is 0 Å². The van der Waals surface area contributed by atoms with E-state index in [9.17, 15) is 0 Å². The van der Waals surface area contributed by atoms with Crippen molar-refractivity contribution in [2.75, 3.05) is 0 Å². The van der Waals surface area contributed by atoms with E-state index in [-0.39, 0.29) is 11.3 Å². The lowest BCUT2D eigenvalue weighted by molar-refractivity contribution is 0.911. The molecule has 2 atom stereocenters. The summed E-state index contributed by atoms with van der Waals surface area (Å²) in [4.78, 5) is 4.51. The van der Waals surface area contributed by atoms with Gasteiger partial charge in [-0.1, -0.05) is 37.3 Å². The molecule has 1 aliphatic carbocycles. The van der Waals surface area contributed by atoms with Crippen LogP contribution in [-0.4, -0.2) is 10.4 Å². The van der Waals surface area contributed by atoms with E-state index >= 15 is 0 Å². The molecular weight excluding hydrogens is 266 g/mol. The van der Waals surface area contributed by atoms with Crippen molar-refractivity contribution in [2.24, 2.45) is 0 Å². The Bertz CT molecular complexity index is 643. The van der Waals surface area contributed by atoms with Crippen LogP contribution in [-0.2, 0) is 6.42 Å². The van der Waals surface area contributed by atoms with Crippen LogP contribution in [0.2, 0.25) is 0 Å². The maximum absolute atomic E-state index is 6.42. The van der Waals surface area contributed by atoms with Gasteiger partial charge in [-0.3, -0.25) is 4.98 Å². The molecule has 0 radical (unpaired) electrons. The molecule has 0 spiro atoms. The minimum Gasteiger partial charge on any atom is -0.261 e. The zero-order chi connectivity index (χ0) is 14.1. The summed E-state index contributed by atoms with van der Waals surface area (Å²) in [5.41, 5.74) is 6.53. The minimum atomic E-state index is 0.0589. The Hall–Kier alpha value is -1.60. The van der Waals surface area contributed by atoms with Gasteiger partial charge in [0.2, 0.25) is 0 Å². The lowest BCUT2D eigenvalue weighted by atomic mass is 9.90. The summed E-state index contributed by atoms with van der Waals surface area (Å²) in [5.74, 6) is 0.274. The first-order chi connectivity index (χ1) is 9.68. The zero-order valence-electron chi connectivity index (χ0n) is 11.8. The molecule has 0 bridgehead atoms. The summed E-state index contributed by atoms with van der Waals surface area (Å²) in [7, 11) is 0. The van der Waals surface area contributed by atoms with Gasteiger partial charge in [0.05, 0.1) is 5.38 Å². The number of hydrogen-bond donors (Lipinski definition) is 0. The van der Waals surface area contributed by atoms with Gasteiger partial charge in [-0.05, 0) is 47.8 Å². The quantitative estimate of drug-likeness (QED) is 0.736. The van der Waals surface area contributed by atoms with Crippen molar-refractivity contribution in [1.82, 2.24) is 4.98 Å². The highest BCUT2D eigenvalue weighted by Crippen LogP contribution is 2.43. The van der Waals surface area contributed by atoms with Crippen LogP contribution in [0.25, 0.3) is 5.57 Å². The Balaban J connectivity index is 2.10. The Kier molecular flexibility index (Phi) is 3.62. The Morgan fingerprint density at radius 1 is 1.05 bits per heavy atom. The van der Waals surface area contributed by atoms with Gasteiger partial charge in [0.15, 0.2) is 0 Å². The number of aromatic nitrogens is 1. The number of fused-ring (bicyclic) bond motifs is 1. The van der Waals surface area contributed by atoms with Crippen LogP contribution in [0.3, 0.4) is 0 Å². The molecular formula is C18H18ClN. The van der Waals surface area contributed by atoms with Crippen LogP contribution < -0.4 is 0 Å². The van der Waals surface area contributed by atoms with Crippen LogP contribution in [0.5, 0.6) is 0 Å². The Morgan fingerprint density at radius 2 is 1.80 bits per heavy atom. The van der Waals surface area contributed by atoms with Gasteiger partial charge < -0.3 is 0 Å². The van der Waals surface area contributed by atoms with E-state index < -0.39 is 0 Å². The molecule has 0 saturated heterocycles.